The number of nitrogens with one attached hydrogen (secondary N) is 2. The molecule has 2 unspecified atom stereocenters. The molecular weight excluding hydrogens is 400 g/mol. The Labute approximate surface area is 190 Å². The van der Waals surface area contributed by atoms with Crippen LogP contribution < -0.4 is 10.6 Å². The van der Waals surface area contributed by atoms with Crippen molar-refractivity contribution in [2.75, 3.05) is 13.2 Å². The van der Waals surface area contributed by atoms with Gasteiger partial charge in [-0.2, -0.15) is 0 Å². The van der Waals surface area contributed by atoms with E-state index in [0.29, 0.717) is 12.5 Å². The number of nitrogens with zero attached hydrogens (tertiary/aromatic N) is 4. The smallest absolute Gasteiger partial charge is 0.199 e. The quantitative estimate of drug-likeness (QED) is 0.599. The third-order valence-electron chi connectivity index (χ3n) is 5.81. The first kappa shape index (κ1) is 22.0. The second-order valence-corrected chi connectivity index (χ2v) is 8.16. The number of aliphatic hydroxyl groups is 1. The number of hydrogen-bond donors (Lipinski definition) is 3. The third kappa shape index (κ3) is 4.99. The van der Waals surface area contributed by atoms with Crippen LogP contribution in [0, 0.1) is 0 Å². The van der Waals surface area contributed by atoms with Crippen LogP contribution in [0.5, 0.6) is 0 Å². The number of hydrogen-bond acceptors (Lipinski definition) is 6. The molecule has 4 rings (SSSR count). The molecule has 2 aliphatic heterocycles. The zero-order chi connectivity index (χ0) is 22.3. The molecule has 168 valence electrons. The van der Waals surface area contributed by atoms with E-state index in [-0.39, 0.29) is 24.9 Å². The Morgan fingerprint density at radius 2 is 1.84 bits per heavy atom. The van der Waals surface area contributed by atoms with Crippen LogP contribution in [0.1, 0.15) is 32.3 Å². The SMILES string of the molecule is CCCN1C=NC2C(=NCc3ccc(-c4ccccc4)cc3)NC(N[C@H](CC)CO)=NC21. The molecule has 0 saturated heterocycles. The highest BCUT2D eigenvalue weighted by molar-refractivity contribution is 6.06. The second kappa shape index (κ2) is 10.4. The van der Waals surface area contributed by atoms with Crippen LogP contribution in [0.4, 0.5) is 0 Å². The van der Waals surface area contributed by atoms with Gasteiger partial charge in [0.15, 0.2) is 12.1 Å². The van der Waals surface area contributed by atoms with Crippen LogP contribution in [0.25, 0.3) is 11.1 Å². The van der Waals surface area contributed by atoms with Crippen LogP contribution in [-0.4, -0.2) is 59.5 Å². The van der Waals surface area contributed by atoms with E-state index >= 15 is 0 Å². The van der Waals surface area contributed by atoms with E-state index in [4.69, 9.17) is 9.98 Å². The van der Waals surface area contributed by atoms with Gasteiger partial charge in [-0.3, -0.25) is 9.98 Å². The minimum atomic E-state index is -0.134. The molecule has 7 nitrogen and oxygen atoms in total. The first-order valence-electron chi connectivity index (χ1n) is 11.4. The zero-order valence-corrected chi connectivity index (χ0v) is 18.8. The molecule has 0 fully saturated rings. The Hall–Kier alpha value is -3.19. The third-order valence-corrected chi connectivity index (χ3v) is 5.81. The molecule has 2 aromatic carbocycles. The van der Waals surface area contributed by atoms with Gasteiger partial charge in [-0.05, 0) is 29.5 Å². The van der Waals surface area contributed by atoms with Crippen molar-refractivity contribution in [2.45, 2.75) is 51.5 Å². The summed E-state index contributed by atoms with van der Waals surface area (Å²) in [6.07, 6.45) is 3.62. The lowest BCUT2D eigenvalue weighted by Gasteiger charge is -2.32. The lowest BCUT2D eigenvalue weighted by molar-refractivity contribution is 0.251. The summed E-state index contributed by atoms with van der Waals surface area (Å²) in [6, 6.07) is 18.7. The second-order valence-electron chi connectivity index (χ2n) is 8.16. The topological polar surface area (TPSA) is 84.6 Å². The van der Waals surface area contributed by atoms with Crippen molar-refractivity contribution in [3.8, 4) is 11.1 Å². The number of amidine groups is 1. The highest BCUT2D eigenvalue weighted by atomic mass is 16.3. The molecule has 0 aliphatic carbocycles. The maximum Gasteiger partial charge on any atom is 0.199 e. The minimum Gasteiger partial charge on any atom is -0.394 e. The summed E-state index contributed by atoms with van der Waals surface area (Å²) < 4.78 is 0. The molecule has 0 amide bonds. The molecule has 0 bridgehead atoms. The number of rotatable bonds is 8. The summed E-state index contributed by atoms with van der Waals surface area (Å²) in [5.41, 5.74) is 3.54. The molecule has 2 heterocycles. The fourth-order valence-electron chi connectivity index (χ4n) is 3.93. The summed E-state index contributed by atoms with van der Waals surface area (Å²) >= 11 is 0. The van der Waals surface area contributed by atoms with Gasteiger partial charge in [-0.25, -0.2) is 4.99 Å². The highest BCUT2D eigenvalue weighted by Gasteiger charge is 2.38. The van der Waals surface area contributed by atoms with E-state index in [0.717, 1.165) is 30.8 Å². The Morgan fingerprint density at radius 1 is 1.09 bits per heavy atom. The average Bonchev–Trinajstić information content (AvgIpc) is 3.25. The fourth-order valence-corrected chi connectivity index (χ4v) is 3.93. The van der Waals surface area contributed by atoms with Gasteiger partial charge in [0.1, 0.15) is 11.9 Å². The van der Waals surface area contributed by atoms with Gasteiger partial charge in [-0.15, -0.1) is 0 Å². The van der Waals surface area contributed by atoms with Gasteiger partial charge in [0.25, 0.3) is 0 Å². The van der Waals surface area contributed by atoms with Crippen molar-refractivity contribution >= 4 is 18.1 Å². The Bertz CT molecular complexity index is 966. The predicted octanol–water partition coefficient (Wildman–Crippen LogP) is 3.02. The highest BCUT2D eigenvalue weighted by Crippen LogP contribution is 2.22. The zero-order valence-electron chi connectivity index (χ0n) is 18.8. The first-order valence-corrected chi connectivity index (χ1v) is 11.4. The van der Waals surface area contributed by atoms with Crippen molar-refractivity contribution in [3.63, 3.8) is 0 Å². The maximum absolute atomic E-state index is 9.59. The molecular formula is C25H32N6O. The van der Waals surface area contributed by atoms with E-state index in [2.05, 4.69) is 76.0 Å². The molecule has 0 radical (unpaired) electrons. The van der Waals surface area contributed by atoms with Gasteiger partial charge in [0, 0.05) is 6.54 Å². The van der Waals surface area contributed by atoms with Crippen LogP contribution in [-0.2, 0) is 6.54 Å². The van der Waals surface area contributed by atoms with E-state index in [9.17, 15) is 5.11 Å². The normalized spacial score (nSPS) is 21.8. The maximum atomic E-state index is 9.59. The standard InChI is InChI=1S/C25H32N6O/c1-3-14-31-17-27-22-23(29-25(30-24(22)31)28-21(4-2)16-32)26-15-18-10-12-20(13-11-18)19-8-6-5-7-9-19/h5-13,17,21-22,24,32H,3-4,14-16H2,1-2H3,(H2,26,28,29,30)/t21-,22?,24?/m1/s1. The fraction of sp³-hybridized carbons (Fsp3) is 0.400. The molecule has 3 atom stereocenters. The average molecular weight is 433 g/mol. The van der Waals surface area contributed by atoms with Crippen LogP contribution in [0.15, 0.2) is 69.6 Å². The van der Waals surface area contributed by atoms with Gasteiger partial charge in [0.05, 0.1) is 25.5 Å². The Balaban J connectivity index is 1.51. The van der Waals surface area contributed by atoms with Crippen LogP contribution >= 0.6 is 0 Å². The van der Waals surface area contributed by atoms with Crippen molar-refractivity contribution in [2.24, 2.45) is 15.0 Å². The molecule has 0 saturated carbocycles. The summed E-state index contributed by atoms with van der Waals surface area (Å²) in [5.74, 6) is 1.46. The van der Waals surface area contributed by atoms with Crippen molar-refractivity contribution < 1.29 is 5.11 Å². The molecule has 2 aromatic rings. The van der Waals surface area contributed by atoms with Gasteiger partial charge in [0.2, 0.25) is 0 Å². The number of aliphatic hydroxyl groups excluding tert-OH is 1. The van der Waals surface area contributed by atoms with E-state index in [1.807, 2.05) is 19.3 Å². The van der Waals surface area contributed by atoms with Gasteiger partial charge >= 0.3 is 0 Å². The largest absolute Gasteiger partial charge is 0.394 e. The number of aliphatic imine (C=N–C) groups is 3. The van der Waals surface area contributed by atoms with Gasteiger partial charge in [-0.1, -0.05) is 68.4 Å². The summed E-state index contributed by atoms with van der Waals surface area (Å²) in [7, 11) is 0. The van der Waals surface area contributed by atoms with E-state index in [1.165, 1.54) is 11.1 Å². The molecule has 32 heavy (non-hydrogen) atoms. The number of fused-ring (bicyclic) bond motifs is 1. The van der Waals surface area contributed by atoms with Crippen LogP contribution in [0.3, 0.4) is 0 Å². The molecule has 0 spiro atoms. The number of guanidine groups is 1. The minimum absolute atomic E-state index is 0.0495. The summed E-state index contributed by atoms with van der Waals surface area (Å²) in [4.78, 5) is 16.6. The van der Waals surface area contributed by atoms with Crippen molar-refractivity contribution in [1.82, 2.24) is 15.5 Å². The summed E-state index contributed by atoms with van der Waals surface area (Å²) in [5, 5.41) is 16.2. The molecule has 0 aromatic heterocycles. The van der Waals surface area contributed by atoms with E-state index < -0.39 is 0 Å². The summed E-state index contributed by atoms with van der Waals surface area (Å²) in [6.45, 7) is 5.70. The molecule has 2 aliphatic rings. The van der Waals surface area contributed by atoms with E-state index in [1.54, 1.807) is 0 Å². The van der Waals surface area contributed by atoms with Crippen molar-refractivity contribution in [1.29, 1.82) is 0 Å². The Kier molecular flexibility index (Phi) is 7.17. The molecule has 3 N–H and O–H groups in total. The predicted molar refractivity (Wildman–Crippen MR) is 131 cm³/mol. The Morgan fingerprint density at radius 3 is 2.53 bits per heavy atom. The van der Waals surface area contributed by atoms with Crippen molar-refractivity contribution in [3.05, 3.63) is 60.2 Å². The number of benzene rings is 2. The first-order chi connectivity index (χ1) is 15.7. The lowest BCUT2D eigenvalue weighted by Crippen LogP contribution is -2.57. The molecule has 7 heteroatoms. The monoisotopic (exact) mass is 432 g/mol. The van der Waals surface area contributed by atoms with Crippen LogP contribution in [0.2, 0.25) is 0 Å². The lowest BCUT2D eigenvalue weighted by atomic mass is 10.0. The van der Waals surface area contributed by atoms with Gasteiger partial charge < -0.3 is 20.6 Å².